The monoisotopic (exact) mass is 1360 g/mol. The van der Waals surface area contributed by atoms with E-state index >= 15 is 8.78 Å². The number of rotatable bonds is 18. The van der Waals surface area contributed by atoms with Gasteiger partial charge in [0.25, 0.3) is 0 Å². The maximum Gasteiger partial charge on any atom is 0.336 e. The molecular weight excluding hydrogens is 1330 g/mol. The maximum absolute atomic E-state index is 15.3. The second kappa shape index (κ2) is 27.2. The van der Waals surface area contributed by atoms with Crippen molar-refractivity contribution in [3.05, 3.63) is 188 Å². The fraction of sp³-hybridized carbons (Fsp3) is 0.250. The zero-order valence-electron chi connectivity index (χ0n) is 42.3. The number of carboxylic acids is 1. The van der Waals surface area contributed by atoms with Crippen molar-refractivity contribution >= 4 is 133 Å². The molecule has 0 radical (unpaired) electrons. The molecule has 6 aromatic carbocycles. The van der Waals surface area contributed by atoms with Gasteiger partial charge in [-0.15, -0.1) is 0 Å². The highest BCUT2D eigenvalue weighted by Crippen LogP contribution is 2.34. The average Bonchev–Trinajstić information content (AvgIpc) is 4.47. The number of ketones is 2. The minimum Gasteiger partial charge on any atom is -0.478 e. The Labute approximate surface area is 498 Å². The van der Waals surface area contributed by atoms with E-state index in [1.54, 1.807) is 48.5 Å². The zero-order valence-corrected chi connectivity index (χ0v) is 49.4. The summed E-state index contributed by atoms with van der Waals surface area (Å²) in [5, 5.41) is 28.7. The number of Topliss-reactive ketones (excluding diaryl/α,β-unsaturated/α-hetero) is 2. The molecule has 0 bridgehead atoms. The predicted octanol–water partition coefficient (Wildman–Crippen LogP) is 13.5. The standard InChI is InChI=1S/C22H20BrClFNO5.C19H16BrClFNO5.C15H8BrClFNO3/c1-22(2)30-9-14(31-22)8-28-10-18(27)15-7-19-21(26-11-29-19)20(25)16(15)5-12-3-4-13(23)6-17(12)24;20-11-2-1-10(15(21)4-11)3-14-13(16(26)8-27-7-12(25)6-24)5-17-19(18(14)22)23-9-28-17;16-8-2-1-7(11(17)4-8)3-9-10(15(20)21)5-12-14(13(9)18)19-6-22-12/h3-4,6-7,11,14H,5,8-10H2,1-2H3;1-2,4-5,9,12,24-25H,3,6-8H2;1-2,4-6H,3H2,(H,20,21). The summed E-state index contributed by atoms with van der Waals surface area (Å²) in [6, 6.07) is 19.8. The molecule has 3 N–H and O–H groups in total. The predicted molar refractivity (Wildman–Crippen MR) is 303 cm³/mol. The van der Waals surface area contributed by atoms with Crippen LogP contribution in [0.1, 0.15) is 78.3 Å². The van der Waals surface area contributed by atoms with Crippen molar-refractivity contribution < 1.29 is 75.1 Å². The molecule has 10 rings (SSSR count). The van der Waals surface area contributed by atoms with E-state index in [0.717, 1.165) is 32.6 Å². The Hall–Kier alpha value is -5.60. The highest BCUT2D eigenvalue weighted by atomic mass is 79.9. The lowest BCUT2D eigenvalue weighted by molar-refractivity contribution is -0.144. The van der Waals surface area contributed by atoms with Crippen molar-refractivity contribution in [1.82, 2.24) is 15.0 Å². The first-order chi connectivity index (χ1) is 38.6. The van der Waals surface area contributed by atoms with E-state index < -0.39 is 54.3 Å². The van der Waals surface area contributed by atoms with Crippen molar-refractivity contribution in [2.24, 2.45) is 0 Å². The van der Waals surface area contributed by atoms with Crippen LogP contribution in [0.3, 0.4) is 0 Å². The van der Waals surface area contributed by atoms with Crippen molar-refractivity contribution in [2.45, 2.75) is 51.1 Å². The van der Waals surface area contributed by atoms with Gasteiger partial charge >= 0.3 is 5.97 Å². The van der Waals surface area contributed by atoms with E-state index in [9.17, 15) is 29.0 Å². The Morgan fingerprint density at radius 3 is 1.38 bits per heavy atom. The van der Waals surface area contributed by atoms with Gasteiger partial charge in [0.1, 0.15) is 42.0 Å². The van der Waals surface area contributed by atoms with E-state index in [0.29, 0.717) is 38.4 Å². The van der Waals surface area contributed by atoms with Crippen LogP contribution in [-0.4, -0.2) is 105 Å². The number of benzene rings is 6. The van der Waals surface area contributed by atoms with E-state index in [1.807, 2.05) is 19.9 Å². The summed E-state index contributed by atoms with van der Waals surface area (Å²) >= 11 is 28.6. The van der Waals surface area contributed by atoms with Gasteiger partial charge in [-0.25, -0.2) is 32.9 Å². The molecule has 4 heterocycles. The van der Waals surface area contributed by atoms with Crippen LogP contribution in [0.4, 0.5) is 13.2 Å². The number of halogens is 9. The molecule has 0 amide bonds. The van der Waals surface area contributed by atoms with Crippen LogP contribution in [-0.2, 0) is 38.2 Å². The summed E-state index contributed by atoms with van der Waals surface area (Å²) in [7, 11) is 0. The lowest BCUT2D eigenvalue weighted by Gasteiger charge is -2.17. The topological polar surface area (TPSA) is 227 Å². The molecule has 1 saturated heterocycles. The Balaban J connectivity index is 0.000000162. The third-order valence-electron chi connectivity index (χ3n) is 12.3. The molecule has 424 valence electrons. The molecule has 0 aliphatic carbocycles. The van der Waals surface area contributed by atoms with Gasteiger partial charge in [0.2, 0.25) is 0 Å². The molecule has 2 unspecified atom stereocenters. The van der Waals surface area contributed by atoms with E-state index in [4.69, 9.17) is 72.1 Å². The SMILES string of the molecule is CC1(C)OCC(COCC(=O)c2cc3ocnc3c(F)c2Cc2ccc(Br)cc2Cl)O1.O=C(COCC(O)CO)c1cc2ocnc2c(F)c1Cc1ccc(Br)cc1Cl.O=C(O)c1cc2ocnc2c(F)c1Cc1ccc(Br)cc1Cl. The molecule has 3 aromatic heterocycles. The largest absolute Gasteiger partial charge is 0.478 e. The van der Waals surface area contributed by atoms with Crippen molar-refractivity contribution in [3.8, 4) is 0 Å². The molecule has 81 heavy (non-hydrogen) atoms. The number of nitrogens with zero attached hydrogens (tertiary/aromatic N) is 3. The molecule has 1 fully saturated rings. The molecule has 1 aliphatic heterocycles. The van der Waals surface area contributed by atoms with E-state index in [1.165, 1.54) is 18.2 Å². The van der Waals surface area contributed by atoms with Crippen molar-refractivity contribution in [3.63, 3.8) is 0 Å². The number of aromatic nitrogens is 3. The van der Waals surface area contributed by atoms with Crippen LogP contribution in [0.2, 0.25) is 15.1 Å². The molecule has 25 heteroatoms. The van der Waals surface area contributed by atoms with Gasteiger partial charge in [-0.3, -0.25) is 9.59 Å². The number of aliphatic hydroxyl groups is 2. The first kappa shape index (κ1) is 61.5. The summed E-state index contributed by atoms with van der Waals surface area (Å²) in [6.07, 6.45) is 2.20. The lowest BCUT2D eigenvalue weighted by atomic mass is 9.96. The fourth-order valence-electron chi connectivity index (χ4n) is 8.40. The van der Waals surface area contributed by atoms with Gasteiger partial charge in [0.15, 0.2) is 70.7 Å². The van der Waals surface area contributed by atoms with Crippen LogP contribution in [0.15, 0.2) is 119 Å². The summed E-state index contributed by atoms with van der Waals surface area (Å²) in [5.74, 6) is -4.76. The van der Waals surface area contributed by atoms with Crippen LogP contribution in [0, 0.1) is 17.5 Å². The molecule has 0 saturated carbocycles. The fourth-order valence-corrected chi connectivity index (χ4v) is 10.6. The Kier molecular flexibility index (Phi) is 20.6. The summed E-state index contributed by atoms with van der Waals surface area (Å²) in [4.78, 5) is 48.6. The number of carbonyl (C=O) groups excluding carboxylic acids is 2. The average molecular weight is 1370 g/mol. The number of aliphatic hydroxyl groups excluding tert-OH is 2. The van der Waals surface area contributed by atoms with Gasteiger partial charge in [0, 0.05) is 75.6 Å². The molecular formula is C56H44Br3Cl3F3N3O13. The number of hydrogen-bond acceptors (Lipinski definition) is 15. The minimum absolute atomic E-state index is 0.00762. The zero-order chi connectivity index (χ0) is 58.3. The van der Waals surface area contributed by atoms with Crippen LogP contribution in [0.25, 0.3) is 33.3 Å². The molecule has 1 aliphatic rings. The first-order valence-electron chi connectivity index (χ1n) is 24.1. The normalized spacial score (nSPS) is 14.2. The maximum atomic E-state index is 15.3. The number of carboxylic acid groups (broad SMARTS) is 1. The summed E-state index contributed by atoms with van der Waals surface area (Å²) in [6.45, 7) is 2.87. The second-order valence-corrected chi connectivity index (χ2v) is 22.4. The van der Waals surface area contributed by atoms with Crippen LogP contribution in [0.5, 0.6) is 0 Å². The molecule has 2 atom stereocenters. The van der Waals surface area contributed by atoms with E-state index in [2.05, 4.69) is 62.7 Å². The number of aromatic carboxylic acids is 1. The highest BCUT2D eigenvalue weighted by Gasteiger charge is 2.33. The van der Waals surface area contributed by atoms with Gasteiger partial charge in [0.05, 0.1) is 32.0 Å². The Bertz CT molecular complexity index is 3810. The van der Waals surface area contributed by atoms with Crippen molar-refractivity contribution in [1.29, 1.82) is 0 Å². The van der Waals surface area contributed by atoms with Gasteiger partial charge in [-0.05, 0) is 85.1 Å². The van der Waals surface area contributed by atoms with Crippen molar-refractivity contribution in [2.75, 3.05) is 39.6 Å². The van der Waals surface area contributed by atoms with Gasteiger partial charge < -0.3 is 47.5 Å². The van der Waals surface area contributed by atoms with Gasteiger partial charge in [-0.1, -0.05) is 101 Å². The lowest BCUT2D eigenvalue weighted by Crippen LogP contribution is -2.25. The van der Waals surface area contributed by atoms with Crippen LogP contribution < -0.4 is 0 Å². The summed E-state index contributed by atoms with van der Waals surface area (Å²) < 4.78 is 84.5. The van der Waals surface area contributed by atoms with E-state index in [-0.39, 0.29) is 118 Å². The third-order valence-corrected chi connectivity index (χ3v) is 14.9. The first-order valence-corrected chi connectivity index (χ1v) is 27.6. The number of ether oxygens (including phenoxy) is 4. The summed E-state index contributed by atoms with van der Waals surface area (Å²) in [5.41, 5.74) is 2.91. The second-order valence-electron chi connectivity index (χ2n) is 18.5. The quantitative estimate of drug-likeness (QED) is 0.0679. The third kappa shape index (κ3) is 15.2. The highest BCUT2D eigenvalue weighted by molar-refractivity contribution is 9.11. The minimum atomic E-state index is -1.24. The Morgan fingerprint density at radius 2 is 1.02 bits per heavy atom. The number of hydrogen-bond donors (Lipinski definition) is 3. The molecule has 9 aromatic rings. The number of fused-ring (bicyclic) bond motifs is 3. The number of oxazole rings is 3. The number of carbonyl (C=O) groups is 3. The smallest absolute Gasteiger partial charge is 0.336 e. The van der Waals surface area contributed by atoms with Crippen LogP contribution >= 0.6 is 82.6 Å². The molecule has 0 spiro atoms. The Morgan fingerprint density at radius 1 is 0.642 bits per heavy atom. The van der Waals surface area contributed by atoms with Gasteiger partial charge in [-0.2, -0.15) is 0 Å². The molecule has 16 nitrogen and oxygen atoms in total.